The maximum atomic E-state index is 13.5. The van der Waals surface area contributed by atoms with Crippen LogP contribution in [0.25, 0.3) is 11.0 Å². The molecule has 3 aromatic rings. The van der Waals surface area contributed by atoms with Gasteiger partial charge in [0.1, 0.15) is 11.6 Å². The van der Waals surface area contributed by atoms with Crippen LogP contribution in [0.5, 0.6) is 0 Å². The van der Waals surface area contributed by atoms with E-state index in [9.17, 15) is 4.39 Å². The van der Waals surface area contributed by atoms with Gasteiger partial charge in [0.2, 0.25) is 0 Å². The number of fused-ring (bicyclic) bond motifs is 1. The Labute approximate surface area is 136 Å². The van der Waals surface area contributed by atoms with Gasteiger partial charge in [-0.25, -0.2) is 9.37 Å². The van der Waals surface area contributed by atoms with Gasteiger partial charge in [0.15, 0.2) is 0 Å². The third kappa shape index (κ3) is 3.13. The standard InChI is InChI=1S/C19H22FN3/c1-3-13(2)18(21)19-22-16-9-4-5-10-17(16)23(19)12-14-7-6-8-15(20)11-14/h4-11,13,18H,3,12,21H2,1-2H3/t13-,18-/m0/s1. The molecule has 2 atom stereocenters. The fraction of sp³-hybridized carbons (Fsp3) is 0.316. The zero-order valence-electron chi connectivity index (χ0n) is 13.5. The van der Waals surface area contributed by atoms with E-state index in [0.29, 0.717) is 12.5 Å². The van der Waals surface area contributed by atoms with Gasteiger partial charge in [-0.3, -0.25) is 0 Å². The molecule has 120 valence electrons. The molecule has 0 unspecified atom stereocenters. The van der Waals surface area contributed by atoms with Crippen LogP contribution in [-0.4, -0.2) is 9.55 Å². The van der Waals surface area contributed by atoms with Crippen LogP contribution in [0.3, 0.4) is 0 Å². The molecule has 4 heteroatoms. The van der Waals surface area contributed by atoms with Gasteiger partial charge in [-0.15, -0.1) is 0 Å². The molecule has 1 heterocycles. The number of halogens is 1. The molecular formula is C19H22FN3. The van der Waals surface area contributed by atoms with E-state index in [1.165, 1.54) is 6.07 Å². The molecule has 1 aromatic heterocycles. The molecule has 0 spiro atoms. The van der Waals surface area contributed by atoms with Gasteiger partial charge >= 0.3 is 0 Å². The Kier molecular flexibility index (Phi) is 4.44. The van der Waals surface area contributed by atoms with E-state index in [-0.39, 0.29) is 11.9 Å². The first-order valence-corrected chi connectivity index (χ1v) is 8.05. The lowest BCUT2D eigenvalue weighted by Crippen LogP contribution is -2.23. The summed E-state index contributed by atoms with van der Waals surface area (Å²) in [5.74, 6) is 0.975. The van der Waals surface area contributed by atoms with E-state index >= 15 is 0 Å². The smallest absolute Gasteiger partial charge is 0.127 e. The highest BCUT2D eigenvalue weighted by molar-refractivity contribution is 5.76. The molecule has 0 aliphatic rings. The Hall–Kier alpha value is -2.20. The van der Waals surface area contributed by atoms with E-state index in [1.807, 2.05) is 30.3 Å². The molecule has 3 nitrogen and oxygen atoms in total. The molecule has 0 saturated heterocycles. The summed E-state index contributed by atoms with van der Waals surface area (Å²) in [5, 5.41) is 0. The van der Waals surface area contributed by atoms with Crippen LogP contribution in [0.4, 0.5) is 4.39 Å². The van der Waals surface area contributed by atoms with Gasteiger partial charge in [-0.05, 0) is 35.7 Å². The lowest BCUT2D eigenvalue weighted by atomic mass is 9.99. The van der Waals surface area contributed by atoms with Crippen LogP contribution in [0, 0.1) is 11.7 Å². The molecule has 0 fully saturated rings. The number of nitrogens with two attached hydrogens (primary N) is 1. The van der Waals surface area contributed by atoms with E-state index in [1.54, 1.807) is 12.1 Å². The second-order valence-electron chi connectivity index (χ2n) is 6.09. The molecule has 0 aliphatic heterocycles. The summed E-state index contributed by atoms with van der Waals surface area (Å²) >= 11 is 0. The Morgan fingerprint density at radius 3 is 2.70 bits per heavy atom. The average molecular weight is 311 g/mol. The quantitative estimate of drug-likeness (QED) is 0.764. The van der Waals surface area contributed by atoms with E-state index in [2.05, 4.69) is 18.4 Å². The molecule has 0 bridgehead atoms. The number of hydrogen-bond acceptors (Lipinski definition) is 2. The molecule has 0 radical (unpaired) electrons. The Morgan fingerprint density at radius 2 is 1.96 bits per heavy atom. The van der Waals surface area contributed by atoms with Crippen molar-refractivity contribution in [3.8, 4) is 0 Å². The number of para-hydroxylation sites is 2. The van der Waals surface area contributed by atoms with Gasteiger partial charge < -0.3 is 10.3 Å². The van der Waals surface area contributed by atoms with Gasteiger partial charge in [-0.2, -0.15) is 0 Å². The number of rotatable bonds is 5. The van der Waals surface area contributed by atoms with Crippen molar-refractivity contribution < 1.29 is 4.39 Å². The molecule has 0 amide bonds. The number of hydrogen-bond donors (Lipinski definition) is 1. The summed E-state index contributed by atoms with van der Waals surface area (Å²) in [7, 11) is 0. The summed E-state index contributed by atoms with van der Waals surface area (Å²) in [6, 6.07) is 14.5. The van der Waals surface area contributed by atoms with Crippen LogP contribution in [0.15, 0.2) is 48.5 Å². The van der Waals surface area contributed by atoms with Crippen molar-refractivity contribution >= 4 is 11.0 Å². The SMILES string of the molecule is CC[C@H](C)[C@H](N)c1nc2ccccc2n1Cc1cccc(F)c1. The predicted molar refractivity (Wildman–Crippen MR) is 91.6 cm³/mol. The van der Waals surface area contributed by atoms with Crippen molar-refractivity contribution in [1.29, 1.82) is 0 Å². The minimum Gasteiger partial charge on any atom is -0.322 e. The normalized spacial score (nSPS) is 14.1. The molecule has 2 N–H and O–H groups in total. The first-order valence-electron chi connectivity index (χ1n) is 8.05. The third-order valence-corrected chi connectivity index (χ3v) is 4.47. The van der Waals surface area contributed by atoms with Crippen molar-refractivity contribution in [3.63, 3.8) is 0 Å². The molecule has 3 rings (SSSR count). The van der Waals surface area contributed by atoms with E-state index in [0.717, 1.165) is 28.8 Å². The zero-order chi connectivity index (χ0) is 16.4. The first kappa shape index (κ1) is 15.7. The van der Waals surface area contributed by atoms with Crippen LogP contribution in [0.1, 0.15) is 37.7 Å². The zero-order valence-corrected chi connectivity index (χ0v) is 13.5. The van der Waals surface area contributed by atoms with Crippen LogP contribution < -0.4 is 5.73 Å². The van der Waals surface area contributed by atoms with Crippen molar-refractivity contribution in [2.45, 2.75) is 32.9 Å². The highest BCUT2D eigenvalue weighted by atomic mass is 19.1. The first-order chi connectivity index (χ1) is 11.1. The minimum absolute atomic E-state index is 0.138. The van der Waals surface area contributed by atoms with Crippen molar-refractivity contribution in [3.05, 3.63) is 65.7 Å². The Balaban J connectivity index is 2.09. The fourth-order valence-corrected chi connectivity index (χ4v) is 2.84. The minimum atomic E-state index is -0.223. The number of benzene rings is 2. The van der Waals surface area contributed by atoms with Gasteiger partial charge in [0.05, 0.1) is 17.1 Å². The maximum Gasteiger partial charge on any atom is 0.127 e. The van der Waals surface area contributed by atoms with E-state index in [4.69, 9.17) is 10.7 Å². The topological polar surface area (TPSA) is 43.8 Å². The van der Waals surface area contributed by atoms with Crippen LogP contribution in [0.2, 0.25) is 0 Å². The second-order valence-corrected chi connectivity index (χ2v) is 6.09. The number of nitrogens with zero attached hydrogens (tertiary/aromatic N) is 2. The Morgan fingerprint density at radius 1 is 1.17 bits per heavy atom. The Bertz CT molecular complexity index is 809. The third-order valence-electron chi connectivity index (χ3n) is 4.47. The molecular weight excluding hydrogens is 289 g/mol. The lowest BCUT2D eigenvalue weighted by Gasteiger charge is -2.19. The summed E-state index contributed by atoms with van der Waals surface area (Å²) in [5.41, 5.74) is 9.31. The monoisotopic (exact) mass is 311 g/mol. The molecule has 0 saturated carbocycles. The number of aromatic nitrogens is 2. The largest absolute Gasteiger partial charge is 0.322 e. The lowest BCUT2D eigenvalue weighted by molar-refractivity contribution is 0.428. The van der Waals surface area contributed by atoms with Gasteiger partial charge in [0.25, 0.3) is 0 Å². The van der Waals surface area contributed by atoms with Gasteiger partial charge in [-0.1, -0.05) is 44.5 Å². The van der Waals surface area contributed by atoms with Crippen molar-refractivity contribution in [2.75, 3.05) is 0 Å². The molecule has 23 heavy (non-hydrogen) atoms. The average Bonchev–Trinajstić information content (AvgIpc) is 2.92. The van der Waals surface area contributed by atoms with Crippen LogP contribution in [-0.2, 0) is 6.54 Å². The summed E-state index contributed by atoms with van der Waals surface area (Å²) in [6.45, 7) is 4.83. The van der Waals surface area contributed by atoms with E-state index < -0.39 is 0 Å². The molecule has 0 aliphatic carbocycles. The highest BCUT2D eigenvalue weighted by Crippen LogP contribution is 2.26. The summed E-state index contributed by atoms with van der Waals surface area (Å²) < 4.78 is 15.6. The highest BCUT2D eigenvalue weighted by Gasteiger charge is 2.21. The van der Waals surface area contributed by atoms with Crippen molar-refractivity contribution in [1.82, 2.24) is 9.55 Å². The summed E-state index contributed by atoms with van der Waals surface area (Å²) in [4.78, 5) is 4.74. The predicted octanol–water partition coefficient (Wildman–Crippen LogP) is 4.27. The second kappa shape index (κ2) is 6.50. The fourth-order valence-electron chi connectivity index (χ4n) is 2.84. The van der Waals surface area contributed by atoms with Gasteiger partial charge in [0, 0.05) is 6.54 Å². The van der Waals surface area contributed by atoms with Crippen LogP contribution >= 0.6 is 0 Å². The number of imidazole rings is 1. The summed E-state index contributed by atoms with van der Waals surface area (Å²) in [6.07, 6.45) is 0.990. The molecule has 2 aromatic carbocycles. The van der Waals surface area contributed by atoms with Crippen molar-refractivity contribution in [2.24, 2.45) is 11.7 Å². The maximum absolute atomic E-state index is 13.5.